The van der Waals surface area contributed by atoms with Crippen molar-refractivity contribution in [2.75, 3.05) is 0 Å². The van der Waals surface area contributed by atoms with Crippen molar-refractivity contribution in [3.63, 3.8) is 0 Å². The molecule has 0 aromatic heterocycles. The Morgan fingerprint density at radius 3 is 2.60 bits per heavy atom. The fourth-order valence-corrected chi connectivity index (χ4v) is 2.75. The molecule has 0 heterocycles. The number of carbonyl (C=O) groups excluding carboxylic acids is 2. The van der Waals surface area contributed by atoms with E-state index in [9.17, 15) is 9.59 Å². The van der Waals surface area contributed by atoms with Gasteiger partial charge in [-0.1, -0.05) is 42.1 Å². The predicted molar refractivity (Wildman–Crippen MR) is 61.0 cm³/mol. The number of hydrogen-bond acceptors (Lipinski definition) is 3. The van der Waals surface area contributed by atoms with Crippen LogP contribution in [0, 0.1) is 0 Å². The Bertz CT molecular complexity index is 372. The zero-order valence-electron chi connectivity index (χ0n) is 8.31. The van der Waals surface area contributed by atoms with E-state index < -0.39 is 0 Å². The van der Waals surface area contributed by atoms with Gasteiger partial charge in [0.05, 0.1) is 0 Å². The SMILES string of the molecule is O=C1CC[C@H](SC(=O)c2ccccc2)C1. The van der Waals surface area contributed by atoms with Crippen molar-refractivity contribution in [2.24, 2.45) is 0 Å². The highest BCUT2D eigenvalue weighted by Gasteiger charge is 2.25. The Hall–Kier alpha value is -1.09. The summed E-state index contributed by atoms with van der Waals surface area (Å²) in [5.41, 5.74) is 0.724. The van der Waals surface area contributed by atoms with Gasteiger partial charge in [0.1, 0.15) is 5.78 Å². The van der Waals surface area contributed by atoms with Gasteiger partial charge < -0.3 is 0 Å². The molecule has 2 rings (SSSR count). The molecule has 0 spiro atoms. The maximum atomic E-state index is 11.8. The van der Waals surface area contributed by atoms with Crippen molar-refractivity contribution in [2.45, 2.75) is 24.5 Å². The van der Waals surface area contributed by atoms with Gasteiger partial charge in [0.2, 0.25) is 5.12 Å². The van der Waals surface area contributed by atoms with E-state index in [4.69, 9.17) is 0 Å². The summed E-state index contributed by atoms with van der Waals surface area (Å²) in [7, 11) is 0. The van der Waals surface area contributed by atoms with Crippen molar-refractivity contribution in [1.82, 2.24) is 0 Å². The van der Waals surface area contributed by atoms with Crippen molar-refractivity contribution in [1.29, 1.82) is 0 Å². The van der Waals surface area contributed by atoms with Gasteiger partial charge in [-0.05, 0) is 6.42 Å². The second-order valence-electron chi connectivity index (χ2n) is 3.67. The molecule has 0 aliphatic heterocycles. The average Bonchev–Trinajstić information content (AvgIpc) is 2.65. The van der Waals surface area contributed by atoms with Crippen molar-refractivity contribution >= 4 is 22.7 Å². The molecule has 15 heavy (non-hydrogen) atoms. The Labute approximate surface area is 93.1 Å². The molecule has 1 fully saturated rings. The summed E-state index contributed by atoms with van der Waals surface area (Å²) in [4.78, 5) is 22.8. The van der Waals surface area contributed by atoms with E-state index in [1.54, 1.807) is 0 Å². The highest BCUT2D eigenvalue weighted by atomic mass is 32.2. The first-order valence-corrected chi connectivity index (χ1v) is 5.91. The molecular weight excluding hydrogens is 208 g/mol. The minimum absolute atomic E-state index is 0.0790. The van der Waals surface area contributed by atoms with Crippen LogP contribution in [0.15, 0.2) is 30.3 Å². The third-order valence-corrected chi connectivity index (χ3v) is 3.67. The van der Waals surface area contributed by atoms with Crippen molar-refractivity contribution in [3.05, 3.63) is 35.9 Å². The van der Waals surface area contributed by atoms with Crippen LogP contribution in [-0.2, 0) is 4.79 Å². The summed E-state index contributed by atoms with van der Waals surface area (Å²) in [5, 5.41) is 0.278. The molecule has 0 unspecified atom stereocenters. The summed E-state index contributed by atoms with van der Waals surface area (Å²) >= 11 is 1.30. The molecule has 0 amide bonds. The van der Waals surface area contributed by atoms with Crippen LogP contribution in [0.4, 0.5) is 0 Å². The lowest BCUT2D eigenvalue weighted by atomic mass is 10.2. The normalized spacial score (nSPS) is 20.5. The van der Waals surface area contributed by atoms with E-state index in [2.05, 4.69) is 0 Å². The second kappa shape index (κ2) is 4.62. The lowest BCUT2D eigenvalue weighted by Gasteiger charge is -2.05. The summed E-state index contributed by atoms with van der Waals surface area (Å²) in [6, 6.07) is 9.22. The van der Waals surface area contributed by atoms with Gasteiger partial charge >= 0.3 is 0 Å². The molecule has 1 aliphatic carbocycles. The minimum Gasteiger partial charge on any atom is -0.300 e. The highest BCUT2D eigenvalue weighted by Crippen LogP contribution is 2.29. The van der Waals surface area contributed by atoms with Gasteiger partial charge in [0.15, 0.2) is 0 Å². The van der Waals surface area contributed by atoms with Gasteiger partial charge in [-0.2, -0.15) is 0 Å². The average molecular weight is 220 g/mol. The van der Waals surface area contributed by atoms with E-state index in [-0.39, 0.29) is 16.1 Å². The van der Waals surface area contributed by atoms with E-state index in [1.165, 1.54) is 11.8 Å². The van der Waals surface area contributed by atoms with Crippen LogP contribution in [0.2, 0.25) is 0 Å². The van der Waals surface area contributed by atoms with Crippen LogP contribution in [0.5, 0.6) is 0 Å². The van der Waals surface area contributed by atoms with Crippen LogP contribution in [-0.4, -0.2) is 16.1 Å². The zero-order chi connectivity index (χ0) is 10.7. The monoisotopic (exact) mass is 220 g/mol. The predicted octanol–water partition coefficient (Wildman–Crippen LogP) is 2.68. The molecule has 1 atom stereocenters. The number of Topliss-reactive ketones (excluding diaryl/α,β-unsaturated/α-hetero) is 1. The van der Waals surface area contributed by atoms with Crippen LogP contribution in [0.3, 0.4) is 0 Å². The number of rotatable bonds is 2. The maximum Gasteiger partial charge on any atom is 0.219 e. The number of carbonyl (C=O) groups is 2. The Morgan fingerprint density at radius 2 is 2.00 bits per heavy atom. The molecule has 1 aliphatic rings. The van der Waals surface area contributed by atoms with Crippen LogP contribution in [0.1, 0.15) is 29.6 Å². The lowest BCUT2D eigenvalue weighted by Crippen LogP contribution is -2.03. The molecule has 0 N–H and O–H groups in total. The number of benzene rings is 1. The van der Waals surface area contributed by atoms with E-state index in [0.717, 1.165) is 12.0 Å². The van der Waals surface area contributed by atoms with Gasteiger partial charge in [-0.15, -0.1) is 0 Å². The number of hydrogen-bond donors (Lipinski definition) is 0. The highest BCUT2D eigenvalue weighted by molar-refractivity contribution is 8.14. The standard InChI is InChI=1S/C12H12O2S/c13-10-6-7-11(8-10)15-12(14)9-4-2-1-3-5-9/h1-5,11H,6-8H2/t11-/m0/s1. The first-order chi connectivity index (χ1) is 7.25. The summed E-state index contributed by atoms with van der Waals surface area (Å²) in [6.07, 6.45) is 2.05. The van der Waals surface area contributed by atoms with Gasteiger partial charge in [-0.3, -0.25) is 9.59 Å². The third-order valence-electron chi connectivity index (χ3n) is 2.48. The fourth-order valence-electron chi connectivity index (χ4n) is 1.67. The third kappa shape index (κ3) is 2.69. The molecule has 0 bridgehead atoms. The largest absolute Gasteiger partial charge is 0.300 e. The Balaban J connectivity index is 1.96. The quantitative estimate of drug-likeness (QED) is 0.768. The van der Waals surface area contributed by atoms with Crippen molar-refractivity contribution < 1.29 is 9.59 Å². The first-order valence-electron chi connectivity index (χ1n) is 5.03. The van der Waals surface area contributed by atoms with Gasteiger partial charge in [0, 0.05) is 23.7 Å². The molecule has 0 radical (unpaired) electrons. The number of ketones is 1. The summed E-state index contributed by atoms with van der Waals surface area (Å²) in [6.45, 7) is 0. The summed E-state index contributed by atoms with van der Waals surface area (Å²) in [5.74, 6) is 0.286. The summed E-state index contributed by atoms with van der Waals surface area (Å²) < 4.78 is 0. The topological polar surface area (TPSA) is 34.1 Å². The Morgan fingerprint density at radius 1 is 1.27 bits per heavy atom. The van der Waals surface area contributed by atoms with E-state index in [1.807, 2.05) is 30.3 Å². The van der Waals surface area contributed by atoms with Gasteiger partial charge in [0.25, 0.3) is 0 Å². The maximum absolute atomic E-state index is 11.8. The van der Waals surface area contributed by atoms with E-state index in [0.29, 0.717) is 12.8 Å². The molecule has 78 valence electrons. The van der Waals surface area contributed by atoms with E-state index >= 15 is 0 Å². The molecule has 3 heteroatoms. The lowest BCUT2D eigenvalue weighted by molar-refractivity contribution is -0.117. The Kier molecular flexibility index (Phi) is 3.21. The van der Waals surface area contributed by atoms with Crippen LogP contribution >= 0.6 is 11.8 Å². The molecule has 2 nitrogen and oxygen atoms in total. The smallest absolute Gasteiger partial charge is 0.219 e. The van der Waals surface area contributed by atoms with Crippen molar-refractivity contribution in [3.8, 4) is 0 Å². The molecular formula is C12H12O2S. The minimum atomic E-state index is 0.0790. The number of thioether (sulfide) groups is 1. The first kappa shape index (κ1) is 10.4. The van der Waals surface area contributed by atoms with Crippen LogP contribution in [0.25, 0.3) is 0 Å². The molecule has 1 aromatic carbocycles. The molecule has 1 aromatic rings. The van der Waals surface area contributed by atoms with Gasteiger partial charge in [-0.25, -0.2) is 0 Å². The molecule has 0 saturated heterocycles. The van der Waals surface area contributed by atoms with Crippen LogP contribution < -0.4 is 0 Å². The second-order valence-corrected chi connectivity index (χ2v) is 4.95. The zero-order valence-corrected chi connectivity index (χ0v) is 9.13. The fraction of sp³-hybridized carbons (Fsp3) is 0.333. The molecule has 1 saturated carbocycles.